The Kier molecular flexibility index (Phi) is 6.92. The van der Waals surface area contributed by atoms with Gasteiger partial charge in [0.25, 0.3) is 5.91 Å². The van der Waals surface area contributed by atoms with E-state index in [1.807, 2.05) is 30.3 Å². The van der Waals surface area contributed by atoms with Crippen molar-refractivity contribution < 1.29 is 14.7 Å². The Balaban J connectivity index is 2.08. The first-order valence-corrected chi connectivity index (χ1v) is 8.82. The number of carbonyl (C=O) groups is 2. The Morgan fingerprint density at radius 3 is 2.35 bits per heavy atom. The van der Waals surface area contributed by atoms with Crippen molar-refractivity contribution in [3.8, 4) is 0 Å². The number of aliphatic hydroxyl groups is 1. The van der Waals surface area contributed by atoms with Gasteiger partial charge in [0.1, 0.15) is 0 Å². The van der Waals surface area contributed by atoms with E-state index in [0.29, 0.717) is 24.1 Å². The SMILES string of the molecule is CCC(=O)N(C)c1ccccc1C(=O)NC(C)C(O)Cc1ccccc1. The zero-order valence-electron chi connectivity index (χ0n) is 15.5. The minimum atomic E-state index is -0.705. The Hall–Kier alpha value is -2.66. The van der Waals surface area contributed by atoms with E-state index < -0.39 is 12.1 Å². The van der Waals surface area contributed by atoms with E-state index >= 15 is 0 Å². The third-order valence-electron chi connectivity index (χ3n) is 4.41. The number of anilines is 1. The second-order valence-electron chi connectivity index (χ2n) is 6.34. The lowest BCUT2D eigenvalue weighted by atomic mass is 10.0. The van der Waals surface area contributed by atoms with E-state index in [4.69, 9.17) is 0 Å². The molecule has 0 spiro atoms. The summed E-state index contributed by atoms with van der Waals surface area (Å²) in [6.07, 6.45) is 0.111. The Morgan fingerprint density at radius 2 is 1.69 bits per heavy atom. The van der Waals surface area contributed by atoms with Crippen LogP contribution in [0.25, 0.3) is 0 Å². The van der Waals surface area contributed by atoms with Crippen LogP contribution in [-0.2, 0) is 11.2 Å². The summed E-state index contributed by atoms with van der Waals surface area (Å²) in [4.78, 5) is 26.1. The molecule has 2 N–H and O–H groups in total. The van der Waals surface area contributed by atoms with Crippen LogP contribution in [0, 0.1) is 0 Å². The summed E-state index contributed by atoms with van der Waals surface area (Å²) in [5.74, 6) is -0.377. The first kappa shape index (κ1) is 19.7. The number of rotatable bonds is 7. The standard InChI is InChI=1S/C21H26N2O3/c1-4-20(25)23(3)18-13-9-8-12-17(18)21(26)22-15(2)19(24)14-16-10-6-5-7-11-16/h5-13,15,19,24H,4,14H2,1-3H3,(H,22,26). The number of para-hydroxylation sites is 1. The maximum absolute atomic E-state index is 12.7. The normalized spacial score (nSPS) is 12.9. The molecule has 2 rings (SSSR count). The molecule has 0 radical (unpaired) electrons. The predicted molar refractivity (Wildman–Crippen MR) is 103 cm³/mol. The molecule has 0 aromatic heterocycles. The third-order valence-corrected chi connectivity index (χ3v) is 4.41. The highest BCUT2D eigenvalue weighted by atomic mass is 16.3. The zero-order valence-corrected chi connectivity index (χ0v) is 15.5. The maximum atomic E-state index is 12.7. The summed E-state index contributed by atoms with van der Waals surface area (Å²) < 4.78 is 0. The fraction of sp³-hybridized carbons (Fsp3) is 0.333. The second-order valence-corrected chi connectivity index (χ2v) is 6.34. The lowest BCUT2D eigenvalue weighted by Gasteiger charge is -2.23. The van der Waals surface area contributed by atoms with Crippen LogP contribution in [0.4, 0.5) is 5.69 Å². The number of carbonyl (C=O) groups excluding carboxylic acids is 2. The van der Waals surface area contributed by atoms with Crippen molar-refractivity contribution in [2.45, 2.75) is 38.8 Å². The van der Waals surface area contributed by atoms with Gasteiger partial charge in [0.05, 0.1) is 23.4 Å². The number of benzene rings is 2. The number of hydrogen-bond acceptors (Lipinski definition) is 3. The molecule has 2 unspecified atom stereocenters. The van der Waals surface area contributed by atoms with E-state index in [1.54, 1.807) is 45.2 Å². The molecular weight excluding hydrogens is 328 g/mol. The van der Waals surface area contributed by atoms with Gasteiger partial charge in [-0.2, -0.15) is 0 Å². The Labute approximate surface area is 154 Å². The lowest BCUT2D eigenvalue weighted by Crippen LogP contribution is -2.42. The molecule has 0 aliphatic carbocycles. The summed E-state index contributed by atoms with van der Waals surface area (Å²) in [5.41, 5.74) is 1.98. The number of amides is 2. The minimum Gasteiger partial charge on any atom is -0.391 e. The first-order chi connectivity index (χ1) is 12.4. The van der Waals surface area contributed by atoms with Crippen molar-refractivity contribution in [1.29, 1.82) is 0 Å². The van der Waals surface area contributed by atoms with Gasteiger partial charge in [-0.15, -0.1) is 0 Å². The van der Waals surface area contributed by atoms with Crippen LogP contribution in [0.15, 0.2) is 54.6 Å². The molecule has 5 nitrogen and oxygen atoms in total. The first-order valence-electron chi connectivity index (χ1n) is 8.82. The molecular formula is C21H26N2O3. The number of hydrogen-bond donors (Lipinski definition) is 2. The van der Waals surface area contributed by atoms with Gasteiger partial charge >= 0.3 is 0 Å². The molecule has 2 amide bonds. The van der Waals surface area contributed by atoms with Crippen LogP contribution >= 0.6 is 0 Å². The molecule has 0 aliphatic heterocycles. The van der Waals surface area contributed by atoms with Crippen molar-refractivity contribution in [3.05, 3.63) is 65.7 Å². The summed E-state index contributed by atoms with van der Waals surface area (Å²) in [6, 6.07) is 16.2. The molecule has 26 heavy (non-hydrogen) atoms. The minimum absolute atomic E-state index is 0.0672. The number of aliphatic hydroxyl groups excluding tert-OH is 1. The molecule has 0 saturated heterocycles. The van der Waals surface area contributed by atoms with Gasteiger partial charge in [0.15, 0.2) is 0 Å². The molecule has 2 aromatic rings. The van der Waals surface area contributed by atoms with E-state index in [-0.39, 0.29) is 11.8 Å². The molecule has 2 aromatic carbocycles. The molecule has 138 valence electrons. The number of nitrogens with zero attached hydrogens (tertiary/aromatic N) is 1. The molecule has 5 heteroatoms. The van der Waals surface area contributed by atoms with Crippen LogP contribution in [0.5, 0.6) is 0 Å². The summed E-state index contributed by atoms with van der Waals surface area (Å²) >= 11 is 0. The van der Waals surface area contributed by atoms with Crippen molar-refractivity contribution in [3.63, 3.8) is 0 Å². The smallest absolute Gasteiger partial charge is 0.253 e. The van der Waals surface area contributed by atoms with Crippen LogP contribution in [0.3, 0.4) is 0 Å². The molecule has 0 heterocycles. The largest absolute Gasteiger partial charge is 0.391 e. The maximum Gasteiger partial charge on any atom is 0.253 e. The van der Waals surface area contributed by atoms with Crippen LogP contribution < -0.4 is 10.2 Å². The second kappa shape index (κ2) is 9.15. The van der Waals surface area contributed by atoms with Crippen molar-refractivity contribution in [2.75, 3.05) is 11.9 Å². The molecule has 0 saturated carbocycles. The van der Waals surface area contributed by atoms with Gasteiger partial charge < -0.3 is 15.3 Å². The zero-order chi connectivity index (χ0) is 19.1. The Morgan fingerprint density at radius 1 is 1.08 bits per heavy atom. The highest BCUT2D eigenvalue weighted by molar-refractivity contribution is 6.04. The summed E-state index contributed by atoms with van der Waals surface area (Å²) in [6.45, 7) is 3.55. The topological polar surface area (TPSA) is 69.6 Å². The van der Waals surface area contributed by atoms with Gasteiger partial charge in [-0.1, -0.05) is 49.4 Å². The Bertz CT molecular complexity index is 746. The van der Waals surface area contributed by atoms with Crippen LogP contribution in [0.2, 0.25) is 0 Å². The lowest BCUT2D eigenvalue weighted by molar-refractivity contribution is -0.118. The van der Waals surface area contributed by atoms with Crippen molar-refractivity contribution in [1.82, 2.24) is 5.32 Å². The van der Waals surface area contributed by atoms with Crippen LogP contribution in [-0.4, -0.2) is 36.1 Å². The monoisotopic (exact) mass is 354 g/mol. The average molecular weight is 354 g/mol. The van der Waals surface area contributed by atoms with Crippen molar-refractivity contribution in [2.24, 2.45) is 0 Å². The van der Waals surface area contributed by atoms with E-state index in [0.717, 1.165) is 5.56 Å². The molecule has 0 aliphatic rings. The van der Waals surface area contributed by atoms with Crippen molar-refractivity contribution >= 4 is 17.5 Å². The predicted octanol–water partition coefficient (Wildman–Crippen LogP) is 2.78. The van der Waals surface area contributed by atoms with E-state index in [2.05, 4.69) is 5.32 Å². The van der Waals surface area contributed by atoms with Gasteiger partial charge in [-0.3, -0.25) is 9.59 Å². The van der Waals surface area contributed by atoms with Gasteiger partial charge in [0, 0.05) is 19.9 Å². The third kappa shape index (κ3) is 4.92. The van der Waals surface area contributed by atoms with Gasteiger partial charge in [-0.05, 0) is 24.6 Å². The molecule has 0 fully saturated rings. The average Bonchev–Trinajstić information content (AvgIpc) is 2.67. The van der Waals surface area contributed by atoms with Crippen LogP contribution in [0.1, 0.15) is 36.2 Å². The molecule has 0 bridgehead atoms. The quantitative estimate of drug-likeness (QED) is 0.803. The van der Waals surface area contributed by atoms with Gasteiger partial charge in [0.2, 0.25) is 5.91 Å². The fourth-order valence-electron chi connectivity index (χ4n) is 2.74. The van der Waals surface area contributed by atoms with E-state index in [9.17, 15) is 14.7 Å². The fourth-order valence-corrected chi connectivity index (χ4v) is 2.74. The van der Waals surface area contributed by atoms with Gasteiger partial charge in [-0.25, -0.2) is 0 Å². The number of nitrogens with one attached hydrogen (secondary N) is 1. The highest BCUT2D eigenvalue weighted by Crippen LogP contribution is 2.20. The highest BCUT2D eigenvalue weighted by Gasteiger charge is 2.21. The molecule has 2 atom stereocenters. The van der Waals surface area contributed by atoms with E-state index in [1.165, 1.54) is 4.90 Å². The summed E-state index contributed by atoms with van der Waals surface area (Å²) in [7, 11) is 1.66. The summed E-state index contributed by atoms with van der Waals surface area (Å²) in [5, 5.41) is 13.2.